The number of carbonyl (C=O) groups is 1. The average Bonchev–Trinajstić information content (AvgIpc) is 2.75. The maximum absolute atomic E-state index is 12.2. The number of carbonyl (C=O) groups excluding carboxylic acids is 1. The van der Waals surface area contributed by atoms with E-state index in [4.69, 9.17) is 0 Å². The fraction of sp³-hybridized carbons (Fsp3) is 0.500. The molecular formula is C12H16BrN3O. The molecule has 1 saturated heterocycles. The zero-order valence-electron chi connectivity index (χ0n) is 10.1. The molecule has 1 aromatic rings. The Morgan fingerprint density at radius 2 is 2.35 bits per heavy atom. The number of amides is 1. The summed E-state index contributed by atoms with van der Waals surface area (Å²) in [6.45, 7) is 1.84. The summed E-state index contributed by atoms with van der Waals surface area (Å²) in [4.78, 5) is 20.3. The molecular weight excluding hydrogens is 282 g/mol. The van der Waals surface area contributed by atoms with Crippen molar-refractivity contribution in [1.82, 2.24) is 9.88 Å². The molecule has 1 amide bonds. The molecule has 92 valence electrons. The first kappa shape index (κ1) is 12.5. The smallest absolute Gasteiger partial charge is 0.232 e. The van der Waals surface area contributed by atoms with Crippen LogP contribution in [0.3, 0.4) is 0 Å². The van der Waals surface area contributed by atoms with Crippen molar-refractivity contribution in [3.8, 4) is 0 Å². The molecule has 0 bridgehead atoms. The van der Waals surface area contributed by atoms with Crippen molar-refractivity contribution in [3.05, 3.63) is 22.8 Å². The monoisotopic (exact) mass is 297 g/mol. The van der Waals surface area contributed by atoms with Gasteiger partial charge in [-0.05, 0) is 48.1 Å². The van der Waals surface area contributed by atoms with E-state index in [0.717, 1.165) is 24.0 Å². The summed E-state index contributed by atoms with van der Waals surface area (Å²) < 4.78 is 0.919. The summed E-state index contributed by atoms with van der Waals surface area (Å²) in [5.41, 5.74) is 0. The van der Waals surface area contributed by atoms with Gasteiger partial charge in [0.1, 0.15) is 5.82 Å². The van der Waals surface area contributed by atoms with E-state index in [1.807, 2.05) is 19.2 Å². The predicted molar refractivity (Wildman–Crippen MR) is 71.0 cm³/mol. The molecule has 1 aliphatic rings. The highest BCUT2D eigenvalue weighted by molar-refractivity contribution is 9.10. The molecule has 0 N–H and O–H groups in total. The summed E-state index contributed by atoms with van der Waals surface area (Å²) in [6, 6.07) is 3.74. The van der Waals surface area contributed by atoms with Crippen molar-refractivity contribution in [2.45, 2.75) is 6.42 Å². The molecule has 1 aromatic heterocycles. The van der Waals surface area contributed by atoms with E-state index in [9.17, 15) is 4.79 Å². The number of hydrogen-bond donors (Lipinski definition) is 0. The fourth-order valence-electron chi connectivity index (χ4n) is 2.09. The zero-order chi connectivity index (χ0) is 12.4. The zero-order valence-corrected chi connectivity index (χ0v) is 11.6. The van der Waals surface area contributed by atoms with Crippen LogP contribution < -0.4 is 4.90 Å². The van der Waals surface area contributed by atoms with Gasteiger partial charge in [-0.1, -0.05) is 0 Å². The highest BCUT2D eigenvalue weighted by Gasteiger charge is 2.29. The second-order valence-corrected chi connectivity index (χ2v) is 5.40. The van der Waals surface area contributed by atoms with Crippen molar-refractivity contribution in [2.24, 2.45) is 5.92 Å². The molecule has 2 rings (SSSR count). The molecule has 1 fully saturated rings. The normalized spacial score (nSPS) is 20.5. The average molecular weight is 298 g/mol. The molecule has 0 spiro atoms. The van der Waals surface area contributed by atoms with Gasteiger partial charge in [0.05, 0.1) is 5.92 Å². The van der Waals surface area contributed by atoms with Crippen LogP contribution in [0.4, 0.5) is 5.82 Å². The van der Waals surface area contributed by atoms with Crippen molar-refractivity contribution in [2.75, 3.05) is 32.1 Å². The minimum Gasteiger partial charge on any atom is -0.306 e. The Hall–Kier alpha value is -0.940. The Morgan fingerprint density at radius 3 is 2.88 bits per heavy atom. The topological polar surface area (TPSA) is 36.4 Å². The number of likely N-dealkylation sites (tertiary alicyclic amines) is 1. The van der Waals surface area contributed by atoms with Crippen LogP contribution >= 0.6 is 15.9 Å². The lowest BCUT2D eigenvalue weighted by atomic mass is 10.1. The first-order chi connectivity index (χ1) is 8.08. The van der Waals surface area contributed by atoms with Gasteiger partial charge in [0.25, 0.3) is 0 Å². The minimum atomic E-state index is 0.107. The number of pyridine rings is 1. The maximum Gasteiger partial charge on any atom is 0.232 e. The van der Waals surface area contributed by atoms with Crippen LogP contribution in [0.15, 0.2) is 22.8 Å². The molecule has 0 aromatic carbocycles. The van der Waals surface area contributed by atoms with Gasteiger partial charge in [-0.15, -0.1) is 0 Å². The number of rotatable bonds is 2. The third-order valence-corrected chi connectivity index (χ3v) is 3.60. The molecule has 1 unspecified atom stereocenters. The summed E-state index contributed by atoms with van der Waals surface area (Å²) in [6.07, 6.45) is 2.65. The summed E-state index contributed by atoms with van der Waals surface area (Å²) in [7, 11) is 3.84. The third kappa shape index (κ3) is 2.84. The number of anilines is 1. The lowest BCUT2D eigenvalue weighted by Crippen LogP contribution is -2.34. The van der Waals surface area contributed by atoms with Gasteiger partial charge in [0, 0.05) is 24.3 Å². The van der Waals surface area contributed by atoms with E-state index in [1.54, 1.807) is 18.1 Å². The van der Waals surface area contributed by atoms with Crippen molar-refractivity contribution >= 4 is 27.7 Å². The van der Waals surface area contributed by atoms with Gasteiger partial charge < -0.3 is 4.90 Å². The molecule has 1 aliphatic heterocycles. The van der Waals surface area contributed by atoms with Gasteiger partial charge in [0.2, 0.25) is 5.91 Å². The SMILES string of the molecule is CN1CCC(C(=O)N(C)c2ccc(Br)cn2)C1. The summed E-state index contributed by atoms with van der Waals surface area (Å²) >= 11 is 3.33. The molecule has 0 saturated carbocycles. The van der Waals surface area contributed by atoms with Crippen LogP contribution in [0.5, 0.6) is 0 Å². The first-order valence-electron chi connectivity index (χ1n) is 5.65. The standard InChI is InChI=1S/C12H16BrN3O/c1-15-6-5-9(8-15)12(17)16(2)11-4-3-10(13)7-14-11/h3-4,7,9H,5-6,8H2,1-2H3. The van der Waals surface area contributed by atoms with E-state index < -0.39 is 0 Å². The lowest BCUT2D eigenvalue weighted by Gasteiger charge is -2.20. The van der Waals surface area contributed by atoms with Crippen molar-refractivity contribution in [3.63, 3.8) is 0 Å². The number of aromatic nitrogens is 1. The molecule has 1 atom stereocenters. The first-order valence-corrected chi connectivity index (χ1v) is 6.45. The molecule has 4 nitrogen and oxygen atoms in total. The van der Waals surface area contributed by atoms with Crippen LogP contribution in [-0.4, -0.2) is 43.0 Å². The van der Waals surface area contributed by atoms with Crippen molar-refractivity contribution in [1.29, 1.82) is 0 Å². The Balaban J connectivity index is 2.06. The van der Waals surface area contributed by atoms with E-state index in [0.29, 0.717) is 5.82 Å². The van der Waals surface area contributed by atoms with Gasteiger partial charge >= 0.3 is 0 Å². The van der Waals surface area contributed by atoms with Gasteiger partial charge in [-0.25, -0.2) is 4.98 Å². The second kappa shape index (κ2) is 5.14. The Bertz CT molecular complexity index is 407. The number of hydrogen-bond acceptors (Lipinski definition) is 3. The van der Waals surface area contributed by atoms with Crippen molar-refractivity contribution < 1.29 is 4.79 Å². The van der Waals surface area contributed by atoms with E-state index >= 15 is 0 Å². The van der Waals surface area contributed by atoms with Gasteiger partial charge in [-0.3, -0.25) is 9.69 Å². The largest absolute Gasteiger partial charge is 0.306 e. The highest BCUT2D eigenvalue weighted by Crippen LogP contribution is 2.20. The molecule has 17 heavy (non-hydrogen) atoms. The lowest BCUT2D eigenvalue weighted by molar-refractivity contribution is -0.121. The van der Waals surface area contributed by atoms with Crippen LogP contribution in [-0.2, 0) is 4.79 Å². The van der Waals surface area contributed by atoms with Crippen LogP contribution in [0.1, 0.15) is 6.42 Å². The summed E-state index contributed by atoms with van der Waals surface area (Å²) in [5.74, 6) is 0.965. The highest BCUT2D eigenvalue weighted by atomic mass is 79.9. The van der Waals surface area contributed by atoms with E-state index in [1.165, 1.54) is 0 Å². The Labute approximate surface area is 110 Å². The molecule has 5 heteroatoms. The Kier molecular flexibility index (Phi) is 3.79. The second-order valence-electron chi connectivity index (χ2n) is 4.48. The number of halogens is 1. The maximum atomic E-state index is 12.2. The molecule has 0 aliphatic carbocycles. The minimum absolute atomic E-state index is 0.107. The van der Waals surface area contributed by atoms with Gasteiger partial charge in [-0.2, -0.15) is 0 Å². The Morgan fingerprint density at radius 1 is 1.59 bits per heavy atom. The van der Waals surface area contributed by atoms with E-state index in [-0.39, 0.29) is 11.8 Å². The molecule has 2 heterocycles. The summed E-state index contributed by atoms with van der Waals surface area (Å²) in [5, 5.41) is 0. The number of nitrogens with zero attached hydrogens (tertiary/aromatic N) is 3. The van der Waals surface area contributed by atoms with Crippen LogP contribution in [0.25, 0.3) is 0 Å². The predicted octanol–water partition coefficient (Wildman–Crippen LogP) is 1.76. The van der Waals surface area contributed by atoms with Crippen LogP contribution in [0, 0.1) is 5.92 Å². The third-order valence-electron chi connectivity index (χ3n) is 3.13. The van der Waals surface area contributed by atoms with Gasteiger partial charge in [0.15, 0.2) is 0 Å². The van der Waals surface area contributed by atoms with E-state index in [2.05, 4.69) is 25.8 Å². The fourth-order valence-corrected chi connectivity index (χ4v) is 2.32. The van der Waals surface area contributed by atoms with Crippen LogP contribution in [0.2, 0.25) is 0 Å². The quantitative estimate of drug-likeness (QED) is 0.835. The molecule has 0 radical (unpaired) electrons.